The standard InChI is InChI=1S/C32H48N4O4.ClH/c1-6-22(7-2)19-33-20-26(37)21-34-29(38)27(18-23-14-15-24-11-8-9-12-25(24)17-23)35-30(39)28-13-10-16-36(28)31(40)32(3,4)5;/h8-9,11-12,14-15,17,22,26-28,33,37H,6-7,10,13,16,18-21H2,1-5H3,(H,34,38)(H,35,39);1H/t26?,27-,28?;/m1./s1. The lowest BCUT2D eigenvalue weighted by Crippen LogP contribution is -2.55. The van der Waals surface area contributed by atoms with Gasteiger partial charge in [-0.3, -0.25) is 14.4 Å². The Bertz CT molecular complexity index is 1150. The van der Waals surface area contributed by atoms with Gasteiger partial charge in [0.2, 0.25) is 17.7 Å². The first-order valence-corrected chi connectivity index (χ1v) is 14.8. The highest BCUT2D eigenvalue weighted by Gasteiger charge is 2.39. The Hall–Kier alpha value is -2.68. The number of aliphatic hydroxyl groups excluding tert-OH is 1. The fourth-order valence-corrected chi connectivity index (χ4v) is 5.24. The topological polar surface area (TPSA) is 111 Å². The summed E-state index contributed by atoms with van der Waals surface area (Å²) in [5.41, 5.74) is 0.323. The normalized spacial score (nSPS) is 16.8. The summed E-state index contributed by atoms with van der Waals surface area (Å²) in [6.45, 7) is 11.7. The van der Waals surface area contributed by atoms with E-state index in [2.05, 4.69) is 29.8 Å². The molecule has 2 aromatic rings. The molecule has 2 aromatic carbocycles. The van der Waals surface area contributed by atoms with Crippen molar-refractivity contribution in [2.75, 3.05) is 26.2 Å². The van der Waals surface area contributed by atoms with E-state index >= 15 is 0 Å². The lowest BCUT2D eigenvalue weighted by Gasteiger charge is -2.31. The molecule has 1 saturated heterocycles. The Kier molecular flexibility index (Phi) is 13.5. The SMILES string of the molecule is CCC(CC)CNCC(O)CNC(=O)[C@@H](Cc1ccc2ccccc2c1)NC(=O)C1CCCN1C(=O)C(C)(C)C.Cl. The molecule has 1 fully saturated rings. The van der Waals surface area contributed by atoms with E-state index in [9.17, 15) is 19.5 Å². The number of nitrogens with zero attached hydrogens (tertiary/aromatic N) is 1. The minimum atomic E-state index is -0.842. The molecular formula is C32H49ClN4O4. The number of aliphatic hydroxyl groups is 1. The summed E-state index contributed by atoms with van der Waals surface area (Å²) < 4.78 is 0. The lowest BCUT2D eigenvalue weighted by atomic mass is 9.94. The first-order valence-electron chi connectivity index (χ1n) is 14.8. The number of hydrogen-bond acceptors (Lipinski definition) is 5. The molecule has 0 bridgehead atoms. The summed E-state index contributed by atoms with van der Waals surface area (Å²) in [6, 6.07) is 12.6. The second-order valence-corrected chi connectivity index (χ2v) is 12.1. The Labute approximate surface area is 251 Å². The number of amides is 3. The Balaban J connectivity index is 0.00000588. The molecule has 1 heterocycles. The largest absolute Gasteiger partial charge is 0.390 e. The number of carbonyl (C=O) groups excluding carboxylic acids is 3. The van der Waals surface area contributed by atoms with Crippen molar-refractivity contribution in [3.05, 3.63) is 48.0 Å². The van der Waals surface area contributed by atoms with Crippen LogP contribution in [-0.2, 0) is 20.8 Å². The second-order valence-electron chi connectivity index (χ2n) is 12.1. The molecule has 228 valence electrons. The molecule has 2 unspecified atom stereocenters. The van der Waals surface area contributed by atoms with Crippen LogP contribution in [0, 0.1) is 11.3 Å². The molecular weight excluding hydrogens is 540 g/mol. The smallest absolute Gasteiger partial charge is 0.243 e. The van der Waals surface area contributed by atoms with Crippen LogP contribution in [0.4, 0.5) is 0 Å². The van der Waals surface area contributed by atoms with Gasteiger partial charge in [0.25, 0.3) is 0 Å². The first kappa shape index (κ1) is 34.5. The Morgan fingerprint density at radius 2 is 1.68 bits per heavy atom. The minimum Gasteiger partial charge on any atom is -0.390 e. The number of rotatable bonds is 13. The van der Waals surface area contributed by atoms with Crippen LogP contribution in [0.5, 0.6) is 0 Å². The highest BCUT2D eigenvalue weighted by molar-refractivity contribution is 5.93. The quantitative estimate of drug-likeness (QED) is 0.284. The van der Waals surface area contributed by atoms with E-state index in [4.69, 9.17) is 0 Å². The number of fused-ring (bicyclic) bond motifs is 1. The highest BCUT2D eigenvalue weighted by atomic mass is 35.5. The Morgan fingerprint density at radius 3 is 2.34 bits per heavy atom. The number of benzene rings is 2. The van der Waals surface area contributed by atoms with Gasteiger partial charge in [-0.05, 0) is 41.6 Å². The fourth-order valence-electron chi connectivity index (χ4n) is 5.24. The van der Waals surface area contributed by atoms with Crippen molar-refractivity contribution in [1.29, 1.82) is 0 Å². The monoisotopic (exact) mass is 588 g/mol. The zero-order chi connectivity index (χ0) is 29.3. The third-order valence-corrected chi connectivity index (χ3v) is 7.82. The van der Waals surface area contributed by atoms with Crippen LogP contribution in [0.15, 0.2) is 42.5 Å². The number of nitrogens with one attached hydrogen (secondary N) is 3. The first-order chi connectivity index (χ1) is 19.0. The van der Waals surface area contributed by atoms with Crippen LogP contribution in [0.1, 0.15) is 65.9 Å². The van der Waals surface area contributed by atoms with E-state index in [0.717, 1.165) is 42.1 Å². The molecule has 3 rings (SSSR count). The molecule has 1 aliphatic rings. The number of hydrogen-bond donors (Lipinski definition) is 4. The number of carbonyl (C=O) groups is 3. The molecule has 1 aliphatic heterocycles. The molecule has 8 nitrogen and oxygen atoms in total. The van der Waals surface area contributed by atoms with Gasteiger partial charge in [-0.2, -0.15) is 0 Å². The molecule has 0 saturated carbocycles. The van der Waals surface area contributed by atoms with E-state index in [-0.39, 0.29) is 36.7 Å². The summed E-state index contributed by atoms with van der Waals surface area (Å²) in [4.78, 5) is 41.5. The van der Waals surface area contributed by atoms with Gasteiger partial charge < -0.3 is 26.0 Å². The van der Waals surface area contributed by atoms with Gasteiger partial charge in [0.05, 0.1) is 6.10 Å². The summed E-state index contributed by atoms with van der Waals surface area (Å²) in [7, 11) is 0. The van der Waals surface area contributed by atoms with Crippen LogP contribution in [0.3, 0.4) is 0 Å². The lowest BCUT2D eigenvalue weighted by molar-refractivity contribution is -0.145. The number of likely N-dealkylation sites (tertiary alicyclic amines) is 1. The third kappa shape index (κ3) is 9.97. The van der Waals surface area contributed by atoms with Crippen LogP contribution in [0.2, 0.25) is 0 Å². The molecule has 0 spiro atoms. The fraction of sp³-hybridized carbons (Fsp3) is 0.594. The zero-order valence-electron chi connectivity index (χ0n) is 25.2. The van der Waals surface area contributed by atoms with E-state index in [0.29, 0.717) is 31.8 Å². The maximum atomic E-state index is 13.5. The average Bonchev–Trinajstić information content (AvgIpc) is 3.42. The highest BCUT2D eigenvalue weighted by Crippen LogP contribution is 2.26. The van der Waals surface area contributed by atoms with Crippen molar-refractivity contribution in [3.63, 3.8) is 0 Å². The van der Waals surface area contributed by atoms with Gasteiger partial charge >= 0.3 is 0 Å². The molecule has 3 amide bonds. The van der Waals surface area contributed by atoms with Crippen molar-refractivity contribution in [1.82, 2.24) is 20.9 Å². The van der Waals surface area contributed by atoms with Crippen LogP contribution >= 0.6 is 12.4 Å². The summed E-state index contributed by atoms with van der Waals surface area (Å²) in [5.74, 6) is -0.177. The minimum absolute atomic E-state index is 0. The van der Waals surface area contributed by atoms with Gasteiger partial charge in [-0.15, -0.1) is 12.4 Å². The van der Waals surface area contributed by atoms with Crippen LogP contribution in [0.25, 0.3) is 10.8 Å². The van der Waals surface area contributed by atoms with Gasteiger partial charge in [0, 0.05) is 31.5 Å². The molecule has 4 N–H and O–H groups in total. The summed E-state index contributed by atoms with van der Waals surface area (Å²) in [5, 5.41) is 21.7. The maximum Gasteiger partial charge on any atom is 0.243 e. The molecule has 41 heavy (non-hydrogen) atoms. The maximum absolute atomic E-state index is 13.5. The van der Waals surface area contributed by atoms with Gasteiger partial charge in [-0.1, -0.05) is 89.9 Å². The van der Waals surface area contributed by atoms with E-state index in [1.807, 2.05) is 63.2 Å². The van der Waals surface area contributed by atoms with Gasteiger partial charge in [-0.25, -0.2) is 0 Å². The van der Waals surface area contributed by atoms with E-state index < -0.39 is 23.6 Å². The average molecular weight is 589 g/mol. The predicted molar refractivity (Wildman–Crippen MR) is 167 cm³/mol. The zero-order valence-corrected chi connectivity index (χ0v) is 26.1. The van der Waals surface area contributed by atoms with Crippen molar-refractivity contribution in [2.24, 2.45) is 11.3 Å². The van der Waals surface area contributed by atoms with Crippen molar-refractivity contribution in [3.8, 4) is 0 Å². The van der Waals surface area contributed by atoms with E-state index in [1.165, 1.54) is 0 Å². The van der Waals surface area contributed by atoms with Gasteiger partial charge in [0.1, 0.15) is 12.1 Å². The van der Waals surface area contributed by atoms with Crippen molar-refractivity contribution in [2.45, 2.75) is 84.9 Å². The third-order valence-electron chi connectivity index (χ3n) is 7.82. The Morgan fingerprint density at radius 1 is 1.00 bits per heavy atom. The van der Waals surface area contributed by atoms with Crippen LogP contribution in [-0.4, -0.2) is 72.1 Å². The molecule has 3 atom stereocenters. The molecule has 0 aliphatic carbocycles. The summed E-state index contributed by atoms with van der Waals surface area (Å²) in [6.07, 6.45) is 3.02. The van der Waals surface area contributed by atoms with E-state index in [1.54, 1.807) is 4.90 Å². The molecule has 0 aromatic heterocycles. The van der Waals surface area contributed by atoms with Crippen molar-refractivity contribution >= 4 is 40.9 Å². The molecule has 9 heteroatoms. The number of halogens is 1. The predicted octanol–water partition coefficient (Wildman–Crippen LogP) is 3.83. The van der Waals surface area contributed by atoms with Crippen LogP contribution < -0.4 is 16.0 Å². The van der Waals surface area contributed by atoms with Crippen molar-refractivity contribution < 1.29 is 19.5 Å². The molecule has 0 radical (unpaired) electrons. The summed E-state index contributed by atoms with van der Waals surface area (Å²) >= 11 is 0. The van der Waals surface area contributed by atoms with Gasteiger partial charge in [0.15, 0.2) is 0 Å². The second kappa shape index (κ2) is 16.1.